The van der Waals surface area contributed by atoms with Crippen LogP contribution in [-0.2, 0) is 6.61 Å². The number of aliphatic hydroxyl groups excluding tert-OH is 1. The van der Waals surface area contributed by atoms with Crippen molar-refractivity contribution in [2.24, 2.45) is 10.2 Å². The number of pyridine rings is 1. The van der Waals surface area contributed by atoms with Crippen LogP contribution in [-0.4, -0.2) is 14.5 Å². The minimum absolute atomic E-state index is 0.0141. The van der Waals surface area contributed by atoms with Crippen LogP contribution in [0.2, 0.25) is 5.02 Å². The van der Waals surface area contributed by atoms with Crippen LogP contribution in [0.15, 0.2) is 52.8 Å². The van der Waals surface area contributed by atoms with E-state index >= 15 is 0 Å². The molecule has 23 heavy (non-hydrogen) atoms. The van der Waals surface area contributed by atoms with Gasteiger partial charge in [0.25, 0.3) is 0 Å². The molecule has 0 fully saturated rings. The molecular formula is C17H17ClN4O. The number of benzene rings is 1. The van der Waals surface area contributed by atoms with Gasteiger partial charge in [0, 0.05) is 11.2 Å². The molecule has 0 aliphatic carbocycles. The van der Waals surface area contributed by atoms with Crippen LogP contribution in [0.1, 0.15) is 31.0 Å². The van der Waals surface area contributed by atoms with E-state index in [4.69, 9.17) is 11.6 Å². The fourth-order valence-electron chi connectivity index (χ4n) is 2.32. The standard InChI is InChI=1S/C17H17ClN4O/c1-11(2)16-17(21-20-14-5-3-4-13(18)9-14)22-7-6-12(10-23)8-15(22)19-16/h3-9,11,23H,10H2,1-2H3. The van der Waals surface area contributed by atoms with Crippen molar-refractivity contribution in [1.29, 1.82) is 0 Å². The lowest BCUT2D eigenvalue weighted by atomic mass is 10.1. The first-order chi connectivity index (χ1) is 11.1. The lowest BCUT2D eigenvalue weighted by Gasteiger charge is -2.02. The number of nitrogens with zero attached hydrogens (tertiary/aromatic N) is 4. The molecule has 0 aliphatic rings. The van der Waals surface area contributed by atoms with Crippen LogP contribution >= 0.6 is 11.6 Å². The predicted molar refractivity (Wildman–Crippen MR) is 90.8 cm³/mol. The van der Waals surface area contributed by atoms with Gasteiger partial charge in [0.05, 0.1) is 18.0 Å². The first-order valence-corrected chi connectivity index (χ1v) is 7.75. The molecule has 0 bridgehead atoms. The molecule has 1 N–H and O–H groups in total. The van der Waals surface area contributed by atoms with E-state index in [0.29, 0.717) is 16.5 Å². The molecule has 5 nitrogen and oxygen atoms in total. The van der Waals surface area contributed by atoms with Crippen molar-refractivity contribution in [3.05, 3.63) is 58.9 Å². The molecule has 0 aliphatic heterocycles. The van der Waals surface area contributed by atoms with Crippen LogP contribution in [0.4, 0.5) is 11.5 Å². The second-order valence-corrected chi connectivity index (χ2v) is 6.01. The highest BCUT2D eigenvalue weighted by Gasteiger charge is 2.15. The Hall–Kier alpha value is -2.24. The third kappa shape index (κ3) is 3.25. The average Bonchev–Trinajstić information content (AvgIpc) is 2.91. The molecule has 0 spiro atoms. The molecule has 0 saturated heterocycles. The Morgan fingerprint density at radius 1 is 1.22 bits per heavy atom. The van der Waals surface area contributed by atoms with Crippen LogP contribution in [0.25, 0.3) is 5.65 Å². The van der Waals surface area contributed by atoms with E-state index in [-0.39, 0.29) is 12.5 Å². The van der Waals surface area contributed by atoms with Crippen molar-refractivity contribution < 1.29 is 5.11 Å². The SMILES string of the molecule is CC(C)c1nc2cc(CO)ccn2c1N=Nc1cccc(Cl)c1. The number of rotatable bonds is 4. The largest absolute Gasteiger partial charge is 0.392 e. The third-order valence-electron chi connectivity index (χ3n) is 3.49. The highest BCUT2D eigenvalue weighted by molar-refractivity contribution is 6.30. The maximum atomic E-state index is 9.27. The second-order valence-electron chi connectivity index (χ2n) is 5.58. The minimum Gasteiger partial charge on any atom is -0.392 e. The van der Waals surface area contributed by atoms with E-state index < -0.39 is 0 Å². The van der Waals surface area contributed by atoms with Crippen LogP contribution in [0, 0.1) is 0 Å². The number of aromatic nitrogens is 2. The van der Waals surface area contributed by atoms with Gasteiger partial charge in [0.2, 0.25) is 0 Å². The van der Waals surface area contributed by atoms with E-state index in [1.54, 1.807) is 12.1 Å². The molecule has 0 saturated carbocycles. The zero-order valence-electron chi connectivity index (χ0n) is 12.9. The molecule has 0 atom stereocenters. The van der Waals surface area contributed by atoms with Gasteiger partial charge in [-0.25, -0.2) is 4.98 Å². The van der Waals surface area contributed by atoms with Gasteiger partial charge in [0.1, 0.15) is 5.65 Å². The topological polar surface area (TPSA) is 62.2 Å². The number of imidazole rings is 1. The summed E-state index contributed by atoms with van der Waals surface area (Å²) in [5, 5.41) is 18.6. The Balaban J connectivity index is 2.09. The highest BCUT2D eigenvalue weighted by atomic mass is 35.5. The number of halogens is 1. The number of hydrogen-bond donors (Lipinski definition) is 1. The molecule has 3 aromatic rings. The van der Waals surface area contributed by atoms with Gasteiger partial charge in [-0.15, -0.1) is 10.2 Å². The summed E-state index contributed by atoms with van der Waals surface area (Å²) < 4.78 is 1.88. The smallest absolute Gasteiger partial charge is 0.183 e. The molecule has 2 heterocycles. The monoisotopic (exact) mass is 328 g/mol. The number of hydrogen-bond acceptors (Lipinski definition) is 4. The Morgan fingerprint density at radius 2 is 2.04 bits per heavy atom. The van der Waals surface area contributed by atoms with Gasteiger partial charge in [0.15, 0.2) is 5.82 Å². The van der Waals surface area contributed by atoms with Crippen molar-refractivity contribution in [3.63, 3.8) is 0 Å². The van der Waals surface area contributed by atoms with Crippen LogP contribution in [0.5, 0.6) is 0 Å². The maximum Gasteiger partial charge on any atom is 0.183 e. The van der Waals surface area contributed by atoms with E-state index in [2.05, 4.69) is 29.1 Å². The van der Waals surface area contributed by atoms with Gasteiger partial charge in [-0.05, 0) is 41.8 Å². The zero-order valence-corrected chi connectivity index (χ0v) is 13.7. The van der Waals surface area contributed by atoms with Crippen molar-refractivity contribution in [3.8, 4) is 0 Å². The Labute approximate surface area is 139 Å². The summed E-state index contributed by atoms with van der Waals surface area (Å²) in [6, 6.07) is 10.9. The van der Waals surface area contributed by atoms with E-state index in [0.717, 1.165) is 16.9 Å². The minimum atomic E-state index is -0.0141. The van der Waals surface area contributed by atoms with Gasteiger partial charge in [-0.2, -0.15) is 0 Å². The van der Waals surface area contributed by atoms with Gasteiger partial charge in [-0.3, -0.25) is 4.40 Å². The summed E-state index contributed by atoms with van der Waals surface area (Å²) in [6.07, 6.45) is 1.85. The molecule has 6 heteroatoms. The lowest BCUT2D eigenvalue weighted by Crippen LogP contribution is -1.88. The van der Waals surface area contributed by atoms with E-state index in [1.807, 2.05) is 34.9 Å². The van der Waals surface area contributed by atoms with Crippen LogP contribution in [0.3, 0.4) is 0 Å². The molecule has 118 valence electrons. The summed E-state index contributed by atoms with van der Waals surface area (Å²) in [5.41, 5.74) is 3.12. The molecular weight excluding hydrogens is 312 g/mol. The second kappa shape index (κ2) is 6.48. The normalized spacial score (nSPS) is 11.9. The molecule has 2 aromatic heterocycles. The van der Waals surface area contributed by atoms with E-state index in [1.165, 1.54) is 0 Å². The fourth-order valence-corrected chi connectivity index (χ4v) is 2.51. The summed E-state index contributed by atoms with van der Waals surface area (Å²) in [4.78, 5) is 4.62. The predicted octanol–water partition coefficient (Wildman–Crippen LogP) is 5.02. The van der Waals surface area contributed by atoms with Crippen molar-refractivity contribution in [2.45, 2.75) is 26.4 Å². The number of aliphatic hydroxyl groups is 1. The first-order valence-electron chi connectivity index (χ1n) is 7.37. The zero-order chi connectivity index (χ0) is 16.4. The Bertz CT molecular complexity index is 870. The fraction of sp³-hybridized carbons (Fsp3) is 0.235. The quantitative estimate of drug-likeness (QED) is 0.683. The van der Waals surface area contributed by atoms with E-state index in [9.17, 15) is 5.11 Å². The lowest BCUT2D eigenvalue weighted by molar-refractivity contribution is 0.282. The number of azo groups is 1. The van der Waals surface area contributed by atoms with Gasteiger partial charge in [-0.1, -0.05) is 31.5 Å². The van der Waals surface area contributed by atoms with Crippen molar-refractivity contribution in [2.75, 3.05) is 0 Å². The Kier molecular flexibility index (Phi) is 4.41. The summed E-state index contributed by atoms with van der Waals surface area (Å²) in [7, 11) is 0. The highest BCUT2D eigenvalue weighted by Crippen LogP contribution is 2.30. The van der Waals surface area contributed by atoms with Crippen LogP contribution < -0.4 is 0 Å². The first kappa shape index (κ1) is 15.6. The molecule has 0 radical (unpaired) electrons. The number of fused-ring (bicyclic) bond motifs is 1. The summed E-state index contributed by atoms with van der Waals surface area (Å²) >= 11 is 5.97. The Morgan fingerprint density at radius 3 is 2.74 bits per heavy atom. The van der Waals surface area contributed by atoms with Crippen molar-refractivity contribution >= 4 is 28.8 Å². The molecule has 0 amide bonds. The van der Waals surface area contributed by atoms with Gasteiger partial charge >= 0.3 is 0 Å². The average molecular weight is 329 g/mol. The van der Waals surface area contributed by atoms with Gasteiger partial charge < -0.3 is 5.11 Å². The third-order valence-corrected chi connectivity index (χ3v) is 3.72. The maximum absolute atomic E-state index is 9.27. The molecule has 1 aromatic carbocycles. The molecule has 0 unspecified atom stereocenters. The van der Waals surface area contributed by atoms with Crippen molar-refractivity contribution in [1.82, 2.24) is 9.38 Å². The molecule has 3 rings (SSSR count). The summed E-state index contributed by atoms with van der Waals surface area (Å²) in [6.45, 7) is 4.11. The summed E-state index contributed by atoms with van der Waals surface area (Å²) in [5.74, 6) is 0.903.